The molecule has 0 spiro atoms. The van der Waals surface area contributed by atoms with E-state index in [4.69, 9.17) is 17.6 Å². The van der Waals surface area contributed by atoms with E-state index < -0.39 is 15.5 Å². The number of hydrogen-bond acceptors (Lipinski definition) is 6. The van der Waals surface area contributed by atoms with Crippen LogP contribution in [0.1, 0.15) is 36.2 Å². The standard InChI is InChI=1S/C29H26N2O4S3/c1-3-21-16-25-27(24(4-2)30-21)23(18-8-6-5-7-9-18)17-26(32)31(25)28(36)20-12-10-19(11-13-20)22-14-15-37-29(22)38(33,34)35/h5-17,28,36H,3-4H2,1-2H3,(H,33,34,35). The van der Waals surface area contributed by atoms with Crippen molar-refractivity contribution in [3.05, 3.63) is 105 Å². The van der Waals surface area contributed by atoms with Crippen LogP contribution in [0.4, 0.5) is 0 Å². The summed E-state index contributed by atoms with van der Waals surface area (Å²) < 4.78 is 34.7. The van der Waals surface area contributed by atoms with Crippen molar-refractivity contribution in [1.29, 1.82) is 0 Å². The summed E-state index contributed by atoms with van der Waals surface area (Å²) in [4.78, 5) is 18.5. The molecule has 6 nitrogen and oxygen atoms in total. The normalized spacial score (nSPS) is 12.6. The molecule has 0 radical (unpaired) electrons. The summed E-state index contributed by atoms with van der Waals surface area (Å²) in [5, 5.41) is 1.96. The Labute approximate surface area is 230 Å². The lowest BCUT2D eigenvalue weighted by molar-refractivity contribution is 0.486. The van der Waals surface area contributed by atoms with Gasteiger partial charge in [0.05, 0.1) is 11.2 Å². The van der Waals surface area contributed by atoms with E-state index in [-0.39, 0.29) is 9.77 Å². The molecule has 0 amide bonds. The van der Waals surface area contributed by atoms with E-state index >= 15 is 0 Å². The Morgan fingerprint density at radius 2 is 1.63 bits per heavy atom. The highest BCUT2D eigenvalue weighted by Gasteiger charge is 2.21. The van der Waals surface area contributed by atoms with Crippen LogP contribution in [0, 0.1) is 0 Å². The molecule has 2 aromatic carbocycles. The Hall–Kier alpha value is -3.24. The second kappa shape index (κ2) is 10.5. The van der Waals surface area contributed by atoms with Gasteiger partial charge in [-0.05, 0) is 52.6 Å². The number of fused-ring (bicyclic) bond motifs is 1. The van der Waals surface area contributed by atoms with Crippen molar-refractivity contribution >= 4 is 45.0 Å². The van der Waals surface area contributed by atoms with Crippen molar-refractivity contribution in [3.63, 3.8) is 0 Å². The Morgan fingerprint density at radius 3 is 2.26 bits per heavy atom. The zero-order chi connectivity index (χ0) is 27.0. The molecule has 0 saturated heterocycles. The van der Waals surface area contributed by atoms with Crippen LogP contribution in [0.3, 0.4) is 0 Å². The zero-order valence-corrected chi connectivity index (χ0v) is 23.4. The summed E-state index contributed by atoms with van der Waals surface area (Å²) in [5.41, 5.74) is 6.07. The quantitative estimate of drug-likeness (QED) is 0.171. The van der Waals surface area contributed by atoms with Gasteiger partial charge in [-0.15, -0.1) is 24.0 Å². The van der Waals surface area contributed by atoms with Crippen molar-refractivity contribution in [2.75, 3.05) is 0 Å². The van der Waals surface area contributed by atoms with E-state index in [1.807, 2.05) is 55.5 Å². The molecule has 0 aliphatic carbocycles. The Morgan fingerprint density at radius 1 is 0.947 bits per heavy atom. The van der Waals surface area contributed by atoms with Crippen LogP contribution in [0.15, 0.2) is 87.2 Å². The highest BCUT2D eigenvalue weighted by atomic mass is 32.3. The minimum absolute atomic E-state index is 0.0990. The Bertz CT molecular complexity index is 1790. The third kappa shape index (κ3) is 4.82. The first-order chi connectivity index (χ1) is 18.2. The molecule has 3 aromatic heterocycles. The van der Waals surface area contributed by atoms with Gasteiger partial charge in [-0.2, -0.15) is 8.42 Å². The van der Waals surface area contributed by atoms with Gasteiger partial charge in [0.2, 0.25) is 0 Å². The minimum atomic E-state index is -4.33. The molecule has 194 valence electrons. The van der Waals surface area contributed by atoms with E-state index in [0.717, 1.165) is 56.7 Å². The summed E-state index contributed by atoms with van der Waals surface area (Å²) in [5.74, 6) is 0. The van der Waals surface area contributed by atoms with Gasteiger partial charge >= 0.3 is 10.1 Å². The van der Waals surface area contributed by atoms with Crippen LogP contribution in [0.2, 0.25) is 0 Å². The summed E-state index contributed by atoms with van der Waals surface area (Å²) in [6, 6.07) is 22.3. The summed E-state index contributed by atoms with van der Waals surface area (Å²) in [6.45, 7) is 4.10. The molecule has 0 saturated carbocycles. The molecule has 5 aromatic rings. The third-order valence-corrected chi connectivity index (χ3v) is 9.42. The van der Waals surface area contributed by atoms with Crippen LogP contribution < -0.4 is 5.56 Å². The molecule has 0 fully saturated rings. The molecule has 0 bridgehead atoms. The average Bonchev–Trinajstić information content (AvgIpc) is 3.43. The van der Waals surface area contributed by atoms with Crippen molar-refractivity contribution in [3.8, 4) is 22.3 Å². The fourth-order valence-corrected chi connectivity index (χ4v) is 6.90. The molecular weight excluding hydrogens is 537 g/mol. The molecule has 1 unspecified atom stereocenters. The van der Waals surface area contributed by atoms with Crippen molar-refractivity contribution < 1.29 is 13.0 Å². The number of benzene rings is 2. The first-order valence-electron chi connectivity index (χ1n) is 12.2. The first kappa shape index (κ1) is 26.4. The predicted octanol–water partition coefficient (Wildman–Crippen LogP) is 6.64. The molecule has 0 aliphatic heterocycles. The number of aromatic nitrogens is 2. The van der Waals surface area contributed by atoms with Crippen molar-refractivity contribution in [1.82, 2.24) is 9.55 Å². The topological polar surface area (TPSA) is 89.3 Å². The monoisotopic (exact) mass is 562 g/mol. The van der Waals surface area contributed by atoms with Crippen LogP contribution in [0.25, 0.3) is 33.2 Å². The fraction of sp³-hybridized carbons (Fsp3) is 0.172. The number of nitrogens with zero attached hydrogens (tertiary/aromatic N) is 2. The smallest absolute Gasteiger partial charge is 0.292 e. The highest BCUT2D eigenvalue weighted by Crippen LogP contribution is 2.36. The molecule has 1 atom stereocenters. The third-order valence-electron chi connectivity index (χ3n) is 6.57. The summed E-state index contributed by atoms with van der Waals surface area (Å²) in [7, 11) is -4.33. The van der Waals surface area contributed by atoms with Gasteiger partial charge < -0.3 is 0 Å². The van der Waals surface area contributed by atoms with E-state index in [9.17, 15) is 17.8 Å². The number of rotatable bonds is 7. The van der Waals surface area contributed by atoms with Gasteiger partial charge in [-0.25, -0.2) is 0 Å². The van der Waals surface area contributed by atoms with E-state index in [1.165, 1.54) is 0 Å². The van der Waals surface area contributed by atoms with E-state index in [1.54, 1.807) is 34.2 Å². The molecule has 38 heavy (non-hydrogen) atoms. The van der Waals surface area contributed by atoms with E-state index in [2.05, 4.69) is 6.92 Å². The molecule has 0 aliphatic rings. The van der Waals surface area contributed by atoms with Gasteiger partial charge in [0.1, 0.15) is 5.37 Å². The van der Waals surface area contributed by atoms with Crippen molar-refractivity contribution in [2.45, 2.75) is 36.3 Å². The average molecular weight is 563 g/mol. The maximum Gasteiger partial charge on any atom is 0.304 e. The first-order valence-corrected chi connectivity index (χ1v) is 15.0. The Kier molecular flexibility index (Phi) is 7.28. The molecular formula is C29H26N2O4S3. The molecule has 9 heteroatoms. The number of hydrogen-bond donors (Lipinski definition) is 2. The Balaban J connectivity index is 1.68. The second-order valence-corrected chi connectivity index (χ2v) is 11.9. The lowest BCUT2D eigenvalue weighted by Crippen LogP contribution is -2.24. The van der Waals surface area contributed by atoms with Gasteiger partial charge in [-0.3, -0.25) is 18.9 Å². The van der Waals surface area contributed by atoms with Gasteiger partial charge in [0.25, 0.3) is 5.56 Å². The lowest BCUT2D eigenvalue weighted by atomic mass is 9.98. The zero-order valence-electron chi connectivity index (χ0n) is 20.8. The summed E-state index contributed by atoms with van der Waals surface area (Å²) >= 11 is 5.85. The number of pyridine rings is 2. The van der Waals surface area contributed by atoms with Crippen LogP contribution in [0.5, 0.6) is 0 Å². The van der Waals surface area contributed by atoms with Crippen molar-refractivity contribution in [2.24, 2.45) is 0 Å². The van der Waals surface area contributed by atoms with Crippen LogP contribution in [-0.4, -0.2) is 22.5 Å². The highest BCUT2D eigenvalue weighted by molar-refractivity contribution is 7.88. The van der Waals surface area contributed by atoms with Crippen LogP contribution >= 0.6 is 24.0 Å². The number of thiophene rings is 1. The van der Waals surface area contributed by atoms with E-state index in [0.29, 0.717) is 17.5 Å². The lowest BCUT2D eigenvalue weighted by Gasteiger charge is -2.21. The van der Waals surface area contributed by atoms with Gasteiger partial charge in [-0.1, -0.05) is 68.4 Å². The minimum Gasteiger partial charge on any atom is -0.292 e. The fourth-order valence-electron chi connectivity index (χ4n) is 4.73. The maximum absolute atomic E-state index is 13.7. The van der Waals surface area contributed by atoms with Crippen LogP contribution in [-0.2, 0) is 23.0 Å². The second-order valence-electron chi connectivity index (χ2n) is 8.89. The predicted molar refractivity (Wildman–Crippen MR) is 157 cm³/mol. The number of thiol groups is 1. The van der Waals surface area contributed by atoms with Gasteiger partial charge in [0.15, 0.2) is 4.21 Å². The maximum atomic E-state index is 13.7. The SMILES string of the molecule is CCc1cc2c(c(-c3ccccc3)cc(=O)n2C(S)c2ccc(-c3ccsc3S(=O)(=O)O)cc2)c(CC)n1. The molecule has 1 N–H and O–H groups in total. The summed E-state index contributed by atoms with van der Waals surface area (Å²) in [6.07, 6.45) is 1.44. The molecule has 3 heterocycles. The van der Waals surface area contributed by atoms with Gasteiger partial charge in [0, 0.05) is 22.7 Å². The number of aryl methyl sites for hydroxylation is 2. The largest absolute Gasteiger partial charge is 0.304 e. The molecule has 5 rings (SSSR count).